The fourth-order valence-corrected chi connectivity index (χ4v) is 5.28. The molecule has 2 saturated carbocycles. The molecule has 3 aliphatic carbocycles. The van der Waals surface area contributed by atoms with Gasteiger partial charge in [0, 0.05) is 6.42 Å². The van der Waals surface area contributed by atoms with E-state index in [1.165, 1.54) is 18.4 Å². The van der Waals surface area contributed by atoms with Crippen LogP contribution in [0.3, 0.4) is 0 Å². The summed E-state index contributed by atoms with van der Waals surface area (Å²) in [5.74, 6) is 3.07. The lowest BCUT2D eigenvalue weighted by Crippen LogP contribution is -2.49. The van der Waals surface area contributed by atoms with Crippen LogP contribution in [-0.2, 0) is 4.79 Å². The van der Waals surface area contributed by atoms with E-state index in [1.54, 1.807) is 0 Å². The predicted molar refractivity (Wildman–Crippen MR) is 80.2 cm³/mol. The van der Waals surface area contributed by atoms with Gasteiger partial charge in [-0.25, -0.2) is 0 Å². The Hall–Kier alpha value is -0.630. The zero-order valence-electron chi connectivity index (χ0n) is 13.1. The summed E-state index contributed by atoms with van der Waals surface area (Å²) in [7, 11) is 0. The second-order valence-corrected chi connectivity index (χ2v) is 7.71. The van der Waals surface area contributed by atoms with Gasteiger partial charge in [0.25, 0.3) is 0 Å². The fourth-order valence-electron chi connectivity index (χ4n) is 5.28. The highest BCUT2D eigenvalue weighted by Gasteiger charge is 2.50. The molecule has 0 heterocycles. The zero-order chi connectivity index (χ0) is 14.5. The van der Waals surface area contributed by atoms with Gasteiger partial charge >= 0.3 is 0 Å². The summed E-state index contributed by atoms with van der Waals surface area (Å²) < 4.78 is 0. The molecule has 0 aromatic carbocycles. The van der Waals surface area contributed by atoms with Gasteiger partial charge in [0.15, 0.2) is 5.78 Å². The smallest absolute Gasteiger partial charge is 0.155 e. The molecule has 112 valence electrons. The Morgan fingerprint density at radius 3 is 2.70 bits per heavy atom. The van der Waals surface area contributed by atoms with E-state index in [9.17, 15) is 9.90 Å². The molecular weight excluding hydrogens is 248 g/mol. The first kappa shape index (κ1) is 14.3. The van der Waals surface area contributed by atoms with E-state index in [1.807, 2.05) is 13.0 Å². The van der Waals surface area contributed by atoms with Gasteiger partial charge in [-0.1, -0.05) is 19.4 Å². The Balaban J connectivity index is 1.84. The molecule has 2 fully saturated rings. The summed E-state index contributed by atoms with van der Waals surface area (Å²) in [6, 6.07) is 0. The molecule has 3 rings (SSSR count). The summed E-state index contributed by atoms with van der Waals surface area (Å²) in [4.78, 5) is 11.6. The van der Waals surface area contributed by atoms with Crippen LogP contribution in [0.25, 0.3) is 0 Å². The minimum atomic E-state index is -0.219. The van der Waals surface area contributed by atoms with E-state index < -0.39 is 0 Å². The van der Waals surface area contributed by atoms with Crippen molar-refractivity contribution in [2.24, 2.45) is 29.1 Å². The summed E-state index contributed by atoms with van der Waals surface area (Å²) >= 11 is 0. The summed E-state index contributed by atoms with van der Waals surface area (Å²) in [6.45, 7) is 6.59. The van der Waals surface area contributed by atoms with E-state index in [0.29, 0.717) is 17.6 Å². The van der Waals surface area contributed by atoms with E-state index in [2.05, 4.69) is 13.8 Å². The monoisotopic (exact) mass is 276 g/mol. The van der Waals surface area contributed by atoms with Gasteiger partial charge in [-0.15, -0.1) is 0 Å². The Kier molecular flexibility index (Phi) is 3.56. The lowest BCUT2D eigenvalue weighted by Gasteiger charge is -2.54. The second kappa shape index (κ2) is 4.98. The molecule has 0 saturated heterocycles. The number of aliphatic hydroxyl groups is 1. The van der Waals surface area contributed by atoms with Gasteiger partial charge in [0.1, 0.15) is 0 Å². The van der Waals surface area contributed by atoms with Gasteiger partial charge < -0.3 is 5.11 Å². The molecule has 20 heavy (non-hydrogen) atoms. The van der Waals surface area contributed by atoms with Gasteiger partial charge in [0.05, 0.1) is 6.10 Å². The number of allylic oxidation sites excluding steroid dienone is 2. The normalized spacial score (nSPS) is 46.2. The van der Waals surface area contributed by atoms with Gasteiger partial charge in [-0.05, 0) is 74.2 Å². The molecule has 2 heteroatoms. The third-order valence-corrected chi connectivity index (χ3v) is 7.01. The quantitative estimate of drug-likeness (QED) is 0.792. The molecule has 0 aromatic rings. The van der Waals surface area contributed by atoms with Crippen LogP contribution >= 0.6 is 0 Å². The molecule has 1 unspecified atom stereocenters. The molecular formula is C18H28O2. The van der Waals surface area contributed by atoms with Crippen LogP contribution in [0.5, 0.6) is 0 Å². The van der Waals surface area contributed by atoms with Crippen molar-refractivity contribution in [2.45, 2.75) is 65.4 Å². The van der Waals surface area contributed by atoms with Crippen LogP contribution in [0.1, 0.15) is 59.3 Å². The third-order valence-electron chi connectivity index (χ3n) is 7.01. The lowest BCUT2D eigenvalue weighted by atomic mass is 9.51. The van der Waals surface area contributed by atoms with Gasteiger partial charge in [-0.2, -0.15) is 0 Å². The lowest BCUT2D eigenvalue weighted by molar-refractivity contribution is -0.116. The average molecular weight is 276 g/mol. The number of rotatable bonds is 1. The topological polar surface area (TPSA) is 37.3 Å². The fraction of sp³-hybridized carbons (Fsp3) is 0.833. The van der Waals surface area contributed by atoms with Crippen LogP contribution in [-0.4, -0.2) is 17.0 Å². The molecule has 0 aliphatic heterocycles. The van der Waals surface area contributed by atoms with Crippen LogP contribution < -0.4 is 0 Å². The number of aliphatic hydroxyl groups excluding tert-OH is 1. The van der Waals surface area contributed by atoms with E-state index in [0.717, 1.165) is 37.5 Å². The number of ketones is 1. The van der Waals surface area contributed by atoms with Gasteiger partial charge in [-0.3, -0.25) is 4.79 Å². The molecule has 0 spiro atoms. The zero-order valence-corrected chi connectivity index (χ0v) is 13.1. The number of hydrogen-bond donors (Lipinski definition) is 1. The minimum absolute atomic E-state index is 0.0763. The van der Waals surface area contributed by atoms with Crippen molar-refractivity contribution in [3.05, 3.63) is 11.6 Å². The van der Waals surface area contributed by atoms with Crippen molar-refractivity contribution in [3.8, 4) is 0 Å². The molecule has 0 radical (unpaired) electrons. The number of carbonyl (C=O) groups is 1. The molecule has 0 amide bonds. The summed E-state index contributed by atoms with van der Waals surface area (Å²) in [5.41, 5.74) is 1.52. The summed E-state index contributed by atoms with van der Waals surface area (Å²) in [5, 5.41) is 10.2. The highest BCUT2D eigenvalue weighted by atomic mass is 16.3. The Morgan fingerprint density at radius 1 is 1.25 bits per heavy atom. The maximum absolute atomic E-state index is 11.6. The van der Waals surface area contributed by atoms with Crippen molar-refractivity contribution in [1.82, 2.24) is 0 Å². The van der Waals surface area contributed by atoms with Crippen LogP contribution in [0, 0.1) is 29.1 Å². The van der Waals surface area contributed by atoms with E-state index in [-0.39, 0.29) is 11.5 Å². The highest BCUT2D eigenvalue weighted by Crippen LogP contribution is 2.57. The van der Waals surface area contributed by atoms with Crippen LogP contribution in [0.15, 0.2) is 11.6 Å². The number of hydrogen-bond acceptors (Lipinski definition) is 2. The average Bonchev–Trinajstić information content (AvgIpc) is 2.42. The maximum atomic E-state index is 11.6. The first-order valence-corrected chi connectivity index (χ1v) is 8.35. The van der Waals surface area contributed by atoms with Crippen LogP contribution in [0.4, 0.5) is 0 Å². The molecule has 1 N–H and O–H groups in total. The van der Waals surface area contributed by atoms with Gasteiger partial charge in [0.2, 0.25) is 0 Å². The third kappa shape index (κ3) is 2.07. The van der Waals surface area contributed by atoms with E-state index >= 15 is 0 Å². The standard InChI is InChI=1S/C18H28O2/c1-11-15-6-4-13-10-14(20)5-7-16(13)17(15)8-9-18(11,3)12(2)19/h10-12,15-17,19H,4-9H2,1-3H3/t11-,12?,15-,16-,17-,18-/m0/s1. The minimum Gasteiger partial charge on any atom is -0.393 e. The Morgan fingerprint density at radius 2 is 2.00 bits per heavy atom. The van der Waals surface area contributed by atoms with Crippen molar-refractivity contribution in [3.63, 3.8) is 0 Å². The van der Waals surface area contributed by atoms with Crippen molar-refractivity contribution < 1.29 is 9.90 Å². The molecule has 2 nitrogen and oxygen atoms in total. The number of fused-ring (bicyclic) bond motifs is 3. The van der Waals surface area contributed by atoms with Crippen molar-refractivity contribution in [1.29, 1.82) is 0 Å². The largest absolute Gasteiger partial charge is 0.393 e. The van der Waals surface area contributed by atoms with Crippen LogP contribution in [0.2, 0.25) is 0 Å². The van der Waals surface area contributed by atoms with Crippen molar-refractivity contribution in [2.75, 3.05) is 0 Å². The first-order chi connectivity index (χ1) is 9.43. The molecule has 6 atom stereocenters. The van der Waals surface area contributed by atoms with E-state index in [4.69, 9.17) is 0 Å². The maximum Gasteiger partial charge on any atom is 0.155 e. The molecule has 0 aromatic heterocycles. The number of carbonyl (C=O) groups excluding carboxylic acids is 1. The highest BCUT2D eigenvalue weighted by molar-refractivity contribution is 5.91. The Labute approximate surface area is 122 Å². The SMILES string of the molecule is CC(O)[C@@]1(C)CC[C@H]2[C@@H](CCC3=CC(=O)CC[C@@H]32)[C@@H]1C. The Bertz CT molecular complexity index is 437. The second-order valence-electron chi connectivity index (χ2n) is 7.71. The molecule has 0 bridgehead atoms. The summed E-state index contributed by atoms with van der Waals surface area (Å²) in [6.07, 6.45) is 8.24. The molecule has 3 aliphatic rings. The first-order valence-electron chi connectivity index (χ1n) is 8.35. The predicted octanol–water partition coefficient (Wildman–Crippen LogP) is 3.74. The van der Waals surface area contributed by atoms with Crippen molar-refractivity contribution >= 4 is 5.78 Å².